The van der Waals surface area contributed by atoms with E-state index in [1.165, 1.54) is 17.7 Å². The predicted octanol–water partition coefficient (Wildman–Crippen LogP) is 2.21. The molecule has 0 aliphatic heterocycles. The quantitative estimate of drug-likeness (QED) is 0.723. The molecule has 104 valence electrons. The molecular weight excluding hydrogens is 226 g/mol. The van der Waals surface area contributed by atoms with Crippen LogP contribution in [0.4, 0.5) is 0 Å². The van der Waals surface area contributed by atoms with Gasteiger partial charge in [-0.25, -0.2) is 0 Å². The van der Waals surface area contributed by atoms with Gasteiger partial charge < -0.3 is 10.5 Å². The molecule has 1 aromatic heterocycles. The number of hydrogen-bond acceptors (Lipinski definition) is 3. The average Bonchev–Trinajstić information content (AvgIpc) is 2.56. The smallest absolute Gasteiger partial charge is 0.0662 e. The van der Waals surface area contributed by atoms with Gasteiger partial charge in [0.15, 0.2) is 0 Å². The van der Waals surface area contributed by atoms with Gasteiger partial charge in [0.25, 0.3) is 0 Å². The minimum atomic E-state index is 0.181. The molecule has 0 radical (unpaired) electrons. The molecule has 2 N–H and O–H groups in total. The van der Waals surface area contributed by atoms with Crippen molar-refractivity contribution >= 4 is 0 Å². The second-order valence-electron chi connectivity index (χ2n) is 5.02. The zero-order chi connectivity index (χ0) is 13.5. The normalized spacial score (nSPS) is 12.9. The number of aromatic nitrogens is 2. The SMILES string of the molecule is CCCCOCCn1nc(C)c(CC(C)N)c1C. The average molecular weight is 253 g/mol. The fourth-order valence-corrected chi connectivity index (χ4v) is 2.07. The van der Waals surface area contributed by atoms with Gasteiger partial charge in [0, 0.05) is 18.3 Å². The minimum Gasteiger partial charge on any atom is -0.380 e. The molecule has 0 saturated carbocycles. The molecule has 1 atom stereocenters. The Bertz CT molecular complexity index is 358. The molecule has 0 spiro atoms. The molecule has 0 amide bonds. The van der Waals surface area contributed by atoms with Crippen molar-refractivity contribution in [3.63, 3.8) is 0 Å². The molecule has 0 aliphatic rings. The monoisotopic (exact) mass is 253 g/mol. The van der Waals surface area contributed by atoms with E-state index >= 15 is 0 Å². The first-order valence-corrected chi connectivity index (χ1v) is 6.92. The van der Waals surface area contributed by atoms with Crippen LogP contribution in [0.3, 0.4) is 0 Å². The zero-order valence-corrected chi connectivity index (χ0v) is 12.2. The molecule has 4 nitrogen and oxygen atoms in total. The van der Waals surface area contributed by atoms with E-state index in [0.717, 1.165) is 38.3 Å². The van der Waals surface area contributed by atoms with Crippen LogP contribution in [0.5, 0.6) is 0 Å². The largest absolute Gasteiger partial charge is 0.380 e. The molecule has 0 aromatic carbocycles. The van der Waals surface area contributed by atoms with E-state index in [9.17, 15) is 0 Å². The van der Waals surface area contributed by atoms with Crippen molar-refractivity contribution in [2.45, 2.75) is 59.5 Å². The van der Waals surface area contributed by atoms with Gasteiger partial charge in [-0.3, -0.25) is 4.68 Å². The van der Waals surface area contributed by atoms with Crippen LogP contribution < -0.4 is 5.73 Å². The number of hydrogen-bond donors (Lipinski definition) is 1. The van der Waals surface area contributed by atoms with E-state index in [-0.39, 0.29) is 6.04 Å². The summed E-state index contributed by atoms with van der Waals surface area (Å²) >= 11 is 0. The molecular formula is C14H27N3O. The second kappa shape index (κ2) is 7.54. The third-order valence-electron chi connectivity index (χ3n) is 3.15. The summed E-state index contributed by atoms with van der Waals surface area (Å²) in [4.78, 5) is 0. The van der Waals surface area contributed by atoms with Gasteiger partial charge in [-0.05, 0) is 39.2 Å². The Morgan fingerprint density at radius 3 is 2.67 bits per heavy atom. The molecule has 1 heterocycles. The van der Waals surface area contributed by atoms with E-state index in [1.54, 1.807) is 0 Å². The predicted molar refractivity (Wildman–Crippen MR) is 74.8 cm³/mol. The van der Waals surface area contributed by atoms with Gasteiger partial charge in [-0.15, -0.1) is 0 Å². The number of ether oxygens (including phenoxy) is 1. The van der Waals surface area contributed by atoms with Crippen molar-refractivity contribution in [1.82, 2.24) is 9.78 Å². The summed E-state index contributed by atoms with van der Waals surface area (Å²) in [6, 6.07) is 0.181. The fourth-order valence-electron chi connectivity index (χ4n) is 2.07. The molecule has 4 heteroatoms. The molecule has 0 fully saturated rings. The first-order valence-electron chi connectivity index (χ1n) is 6.92. The van der Waals surface area contributed by atoms with Crippen LogP contribution in [0, 0.1) is 13.8 Å². The van der Waals surface area contributed by atoms with Gasteiger partial charge in [-0.2, -0.15) is 5.10 Å². The van der Waals surface area contributed by atoms with E-state index < -0.39 is 0 Å². The van der Waals surface area contributed by atoms with Crippen LogP contribution in [-0.2, 0) is 17.7 Å². The van der Waals surface area contributed by atoms with Crippen LogP contribution in [0.25, 0.3) is 0 Å². The van der Waals surface area contributed by atoms with Gasteiger partial charge in [0.2, 0.25) is 0 Å². The fraction of sp³-hybridized carbons (Fsp3) is 0.786. The standard InChI is InChI=1S/C14H27N3O/c1-5-6-8-18-9-7-17-13(4)14(10-11(2)15)12(3)16-17/h11H,5-10,15H2,1-4H3. The summed E-state index contributed by atoms with van der Waals surface area (Å²) in [6.07, 6.45) is 3.21. The van der Waals surface area contributed by atoms with Crippen molar-refractivity contribution < 1.29 is 4.74 Å². The third kappa shape index (κ3) is 4.42. The summed E-state index contributed by atoms with van der Waals surface area (Å²) in [6.45, 7) is 10.8. The third-order valence-corrected chi connectivity index (χ3v) is 3.15. The lowest BCUT2D eigenvalue weighted by atomic mass is 10.1. The zero-order valence-electron chi connectivity index (χ0n) is 12.2. The maximum absolute atomic E-state index is 5.86. The van der Waals surface area contributed by atoms with E-state index in [4.69, 9.17) is 10.5 Å². The van der Waals surface area contributed by atoms with Crippen LogP contribution in [0.1, 0.15) is 43.6 Å². The summed E-state index contributed by atoms with van der Waals surface area (Å²) in [5.41, 5.74) is 9.48. The highest BCUT2D eigenvalue weighted by Crippen LogP contribution is 2.14. The topological polar surface area (TPSA) is 53.1 Å². The Morgan fingerprint density at radius 1 is 1.33 bits per heavy atom. The number of nitrogens with two attached hydrogens (primary N) is 1. The number of rotatable bonds is 8. The molecule has 0 bridgehead atoms. The van der Waals surface area contributed by atoms with Crippen molar-refractivity contribution in [3.05, 3.63) is 17.0 Å². The first-order chi connectivity index (χ1) is 8.56. The number of unbranched alkanes of at least 4 members (excludes halogenated alkanes) is 1. The maximum Gasteiger partial charge on any atom is 0.0662 e. The van der Waals surface area contributed by atoms with Crippen molar-refractivity contribution in [3.8, 4) is 0 Å². The molecule has 1 aromatic rings. The van der Waals surface area contributed by atoms with Gasteiger partial charge in [-0.1, -0.05) is 13.3 Å². The van der Waals surface area contributed by atoms with Crippen LogP contribution in [0.15, 0.2) is 0 Å². The Kier molecular flexibility index (Phi) is 6.36. The maximum atomic E-state index is 5.86. The lowest BCUT2D eigenvalue weighted by Gasteiger charge is -2.08. The molecule has 0 saturated heterocycles. The summed E-state index contributed by atoms with van der Waals surface area (Å²) in [7, 11) is 0. The molecule has 0 aliphatic carbocycles. The highest BCUT2D eigenvalue weighted by molar-refractivity contribution is 5.25. The van der Waals surface area contributed by atoms with Crippen molar-refractivity contribution in [2.75, 3.05) is 13.2 Å². The lowest BCUT2D eigenvalue weighted by molar-refractivity contribution is 0.120. The lowest BCUT2D eigenvalue weighted by Crippen LogP contribution is -2.18. The van der Waals surface area contributed by atoms with E-state index in [0.29, 0.717) is 0 Å². The van der Waals surface area contributed by atoms with E-state index in [1.807, 2.05) is 11.6 Å². The second-order valence-corrected chi connectivity index (χ2v) is 5.02. The van der Waals surface area contributed by atoms with Crippen LogP contribution in [-0.4, -0.2) is 29.0 Å². The Balaban J connectivity index is 2.51. The Hall–Kier alpha value is -0.870. The Morgan fingerprint density at radius 2 is 2.06 bits per heavy atom. The highest BCUT2D eigenvalue weighted by atomic mass is 16.5. The number of aryl methyl sites for hydroxylation is 1. The molecule has 1 unspecified atom stereocenters. The summed E-state index contributed by atoms with van der Waals surface area (Å²) in [5.74, 6) is 0. The first kappa shape index (κ1) is 15.2. The highest BCUT2D eigenvalue weighted by Gasteiger charge is 2.12. The molecule has 1 rings (SSSR count). The minimum absolute atomic E-state index is 0.181. The van der Waals surface area contributed by atoms with Gasteiger partial charge >= 0.3 is 0 Å². The summed E-state index contributed by atoms with van der Waals surface area (Å²) in [5, 5.41) is 4.56. The summed E-state index contributed by atoms with van der Waals surface area (Å²) < 4.78 is 7.62. The Labute approximate surface area is 111 Å². The van der Waals surface area contributed by atoms with Crippen LogP contribution >= 0.6 is 0 Å². The van der Waals surface area contributed by atoms with E-state index in [2.05, 4.69) is 25.9 Å². The van der Waals surface area contributed by atoms with Gasteiger partial charge in [0.1, 0.15) is 0 Å². The van der Waals surface area contributed by atoms with Crippen molar-refractivity contribution in [2.24, 2.45) is 5.73 Å². The molecule has 18 heavy (non-hydrogen) atoms. The van der Waals surface area contributed by atoms with Gasteiger partial charge in [0.05, 0.1) is 18.8 Å². The van der Waals surface area contributed by atoms with Crippen LogP contribution in [0.2, 0.25) is 0 Å². The number of nitrogens with zero attached hydrogens (tertiary/aromatic N) is 2. The van der Waals surface area contributed by atoms with Crippen molar-refractivity contribution in [1.29, 1.82) is 0 Å².